The lowest BCUT2D eigenvalue weighted by Gasteiger charge is -2.16. The second-order valence-electron chi connectivity index (χ2n) is 5.49. The monoisotopic (exact) mass is 470 g/mol. The summed E-state index contributed by atoms with van der Waals surface area (Å²) in [6, 6.07) is 3.40. The Hall–Kier alpha value is -0.650. The van der Waals surface area contributed by atoms with Crippen LogP contribution in [0.25, 0.3) is 0 Å². The molecule has 3 N–H and O–H groups in total. The third kappa shape index (κ3) is 5.73. The molecule has 0 saturated carbocycles. The van der Waals surface area contributed by atoms with Crippen LogP contribution >= 0.6 is 35.3 Å². The van der Waals surface area contributed by atoms with Gasteiger partial charge in [-0.2, -0.15) is 4.31 Å². The van der Waals surface area contributed by atoms with Gasteiger partial charge in [-0.3, -0.25) is 0 Å². The molecular formula is C14H23IN4O2S2. The van der Waals surface area contributed by atoms with E-state index in [0.29, 0.717) is 36.3 Å². The lowest BCUT2D eigenvalue weighted by Crippen LogP contribution is -2.37. The quantitative estimate of drug-likeness (QED) is 0.288. The van der Waals surface area contributed by atoms with Gasteiger partial charge in [0.05, 0.1) is 6.54 Å². The van der Waals surface area contributed by atoms with Gasteiger partial charge in [0.1, 0.15) is 4.21 Å². The van der Waals surface area contributed by atoms with Crippen LogP contribution in [0.1, 0.15) is 13.3 Å². The van der Waals surface area contributed by atoms with Crippen molar-refractivity contribution in [1.29, 1.82) is 0 Å². The van der Waals surface area contributed by atoms with Crippen LogP contribution in [0.3, 0.4) is 0 Å². The predicted molar refractivity (Wildman–Crippen MR) is 106 cm³/mol. The van der Waals surface area contributed by atoms with E-state index in [-0.39, 0.29) is 29.9 Å². The highest BCUT2D eigenvalue weighted by atomic mass is 127. The van der Waals surface area contributed by atoms with E-state index in [1.54, 1.807) is 21.8 Å². The van der Waals surface area contributed by atoms with Gasteiger partial charge in [-0.05, 0) is 30.7 Å². The molecule has 1 aromatic heterocycles. The molecule has 0 radical (unpaired) electrons. The van der Waals surface area contributed by atoms with Gasteiger partial charge in [0.15, 0.2) is 5.96 Å². The van der Waals surface area contributed by atoms with E-state index < -0.39 is 10.0 Å². The predicted octanol–water partition coefficient (Wildman–Crippen LogP) is 1.86. The number of halogens is 1. The summed E-state index contributed by atoms with van der Waals surface area (Å²) in [6.07, 6.45) is 0.825. The Morgan fingerprint density at radius 1 is 1.61 bits per heavy atom. The van der Waals surface area contributed by atoms with Crippen molar-refractivity contribution < 1.29 is 8.42 Å². The maximum absolute atomic E-state index is 12.4. The first kappa shape index (κ1) is 20.4. The molecule has 1 fully saturated rings. The van der Waals surface area contributed by atoms with Gasteiger partial charge in [-0.25, -0.2) is 13.4 Å². The second kappa shape index (κ2) is 9.00. The van der Waals surface area contributed by atoms with E-state index in [9.17, 15) is 8.42 Å². The molecule has 0 bridgehead atoms. The van der Waals surface area contributed by atoms with Gasteiger partial charge >= 0.3 is 0 Å². The first-order valence-corrected chi connectivity index (χ1v) is 9.43. The first-order valence-electron chi connectivity index (χ1n) is 7.11. The zero-order valence-corrected chi connectivity index (χ0v) is 17.0. The van der Waals surface area contributed by atoms with Gasteiger partial charge in [-0.1, -0.05) is 18.2 Å². The van der Waals surface area contributed by atoms with E-state index in [2.05, 4.69) is 16.9 Å². The van der Waals surface area contributed by atoms with Crippen LogP contribution < -0.4 is 11.1 Å². The van der Waals surface area contributed by atoms with Crippen molar-refractivity contribution in [2.75, 3.05) is 26.2 Å². The van der Waals surface area contributed by atoms with Crippen LogP contribution in [-0.2, 0) is 10.0 Å². The van der Waals surface area contributed by atoms with E-state index >= 15 is 0 Å². The Balaban J connectivity index is 0.00000264. The number of nitrogens with one attached hydrogen (secondary N) is 1. The molecule has 1 aliphatic rings. The van der Waals surface area contributed by atoms with Crippen molar-refractivity contribution in [3.05, 3.63) is 29.7 Å². The molecule has 0 spiro atoms. The van der Waals surface area contributed by atoms with Crippen molar-refractivity contribution in [1.82, 2.24) is 9.62 Å². The van der Waals surface area contributed by atoms with Crippen molar-refractivity contribution in [2.45, 2.75) is 17.6 Å². The Labute approximate surface area is 158 Å². The smallest absolute Gasteiger partial charge is 0.252 e. The van der Waals surface area contributed by atoms with Gasteiger partial charge in [0.2, 0.25) is 0 Å². The number of aliphatic imine (C=N–C) groups is 1. The van der Waals surface area contributed by atoms with Crippen molar-refractivity contribution in [3.63, 3.8) is 0 Å². The van der Waals surface area contributed by atoms with Gasteiger partial charge in [0.25, 0.3) is 10.0 Å². The number of rotatable bonds is 6. The highest BCUT2D eigenvalue weighted by Crippen LogP contribution is 2.26. The Morgan fingerprint density at radius 2 is 2.35 bits per heavy atom. The van der Waals surface area contributed by atoms with Crippen molar-refractivity contribution >= 4 is 51.3 Å². The van der Waals surface area contributed by atoms with Gasteiger partial charge < -0.3 is 11.1 Å². The van der Waals surface area contributed by atoms with E-state index in [4.69, 9.17) is 5.73 Å². The SMILES string of the molecule is C=C(C)CN=C(N)NCC1CCN(S(=O)(=O)c2cccs2)C1.I. The standard InChI is InChI=1S/C14H22N4O2S2.HI/c1-11(2)8-16-14(15)17-9-12-5-6-18(10-12)22(19,20)13-4-3-7-21-13;/h3-4,7,12H,1,5-6,8-10H2,2H3,(H3,15,16,17);1H. The fourth-order valence-electron chi connectivity index (χ4n) is 2.24. The number of hydrogen-bond acceptors (Lipinski definition) is 4. The zero-order valence-electron chi connectivity index (χ0n) is 13.1. The van der Waals surface area contributed by atoms with E-state index in [1.165, 1.54) is 11.3 Å². The number of nitrogens with two attached hydrogens (primary N) is 1. The summed E-state index contributed by atoms with van der Waals surface area (Å²) >= 11 is 1.25. The Kier molecular flexibility index (Phi) is 7.98. The molecular weight excluding hydrogens is 447 g/mol. The minimum Gasteiger partial charge on any atom is -0.370 e. The molecule has 6 nitrogen and oxygen atoms in total. The van der Waals surface area contributed by atoms with Crippen LogP contribution in [0.15, 0.2) is 38.9 Å². The maximum atomic E-state index is 12.4. The average Bonchev–Trinajstić information content (AvgIpc) is 3.13. The molecule has 1 saturated heterocycles. The van der Waals surface area contributed by atoms with Crippen LogP contribution in [0, 0.1) is 5.92 Å². The number of guanidine groups is 1. The number of sulfonamides is 1. The molecule has 0 amide bonds. The summed E-state index contributed by atoms with van der Waals surface area (Å²) in [6.45, 7) is 7.85. The minimum absolute atomic E-state index is 0. The fourth-order valence-corrected chi connectivity index (χ4v) is 4.92. The first-order chi connectivity index (χ1) is 10.4. The summed E-state index contributed by atoms with van der Waals surface area (Å²) in [4.78, 5) is 4.15. The van der Waals surface area contributed by atoms with E-state index in [1.807, 2.05) is 6.92 Å². The lowest BCUT2D eigenvalue weighted by atomic mass is 10.1. The second-order valence-corrected chi connectivity index (χ2v) is 8.60. The van der Waals surface area contributed by atoms with Crippen LogP contribution in [0.2, 0.25) is 0 Å². The number of nitrogens with zero attached hydrogens (tertiary/aromatic N) is 2. The van der Waals surface area contributed by atoms with Gasteiger partial charge in [-0.15, -0.1) is 35.3 Å². The molecule has 0 aliphatic carbocycles. The largest absolute Gasteiger partial charge is 0.370 e. The lowest BCUT2D eigenvalue weighted by molar-refractivity contribution is 0.456. The highest BCUT2D eigenvalue weighted by molar-refractivity contribution is 14.0. The third-order valence-corrected chi connectivity index (χ3v) is 6.67. The molecule has 2 heterocycles. The summed E-state index contributed by atoms with van der Waals surface area (Å²) in [5.74, 6) is 0.621. The molecule has 1 aliphatic heterocycles. The fraction of sp³-hybridized carbons (Fsp3) is 0.500. The normalized spacial score (nSPS) is 19.3. The average molecular weight is 470 g/mol. The van der Waals surface area contributed by atoms with Crippen LogP contribution in [-0.4, -0.2) is 44.9 Å². The Morgan fingerprint density at radius 3 is 2.96 bits per heavy atom. The number of thiophene rings is 1. The minimum atomic E-state index is -3.34. The van der Waals surface area contributed by atoms with Gasteiger partial charge in [0, 0.05) is 19.6 Å². The molecule has 1 unspecified atom stereocenters. The maximum Gasteiger partial charge on any atom is 0.252 e. The summed E-state index contributed by atoms with van der Waals surface area (Å²) < 4.78 is 26.8. The summed E-state index contributed by atoms with van der Waals surface area (Å²) in [7, 11) is -3.34. The molecule has 9 heteroatoms. The Bertz CT molecular complexity index is 644. The molecule has 1 aromatic rings. The topological polar surface area (TPSA) is 87.8 Å². The summed E-state index contributed by atoms with van der Waals surface area (Å²) in [5.41, 5.74) is 6.71. The molecule has 130 valence electrons. The van der Waals surface area contributed by atoms with Crippen LogP contribution in [0.4, 0.5) is 0 Å². The van der Waals surface area contributed by atoms with E-state index in [0.717, 1.165) is 12.0 Å². The molecule has 23 heavy (non-hydrogen) atoms. The molecule has 0 aromatic carbocycles. The third-order valence-electron chi connectivity index (χ3n) is 3.43. The number of hydrogen-bond donors (Lipinski definition) is 2. The zero-order chi connectivity index (χ0) is 16.2. The molecule has 1 atom stereocenters. The van der Waals surface area contributed by atoms with Crippen molar-refractivity contribution in [3.8, 4) is 0 Å². The molecule has 2 rings (SSSR count). The highest BCUT2D eigenvalue weighted by Gasteiger charge is 2.32. The van der Waals surface area contributed by atoms with Crippen molar-refractivity contribution in [2.24, 2.45) is 16.6 Å². The van der Waals surface area contributed by atoms with Crippen LogP contribution in [0.5, 0.6) is 0 Å². The summed E-state index contributed by atoms with van der Waals surface area (Å²) in [5, 5.41) is 4.83.